The lowest BCUT2D eigenvalue weighted by molar-refractivity contribution is -0.121. The predicted octanol–water partition coefficient (Wildman–Crippen LogP) is 3.70. The Morgan fingerprint density at radius 2 is 1.30 bits per heavy atom. The smallest absolute Gasteiger partial charge is 0.330 e. The Bertz CT molecular complexity index is 930. The van der Waals surface area contributed by atoms with Gasteiger partial charge in [0.1, 0.15) is 5.75 Å². The number of amides is 3. The third-order valence-corrected chi connectivity index (χ3v) is 4.77. The fourth-order valence-electron chi connectivity index (χ4n) is 3.43. The van der Waals surface area contributed by atoms with Crippen LogP contribution in [-0.2, 0) is 10.3 Å². The third kappa shape index (κ3) is 2.64. The van der Waals surface area contributed by atoms with Gasteiger partial charge in [-0.15, -0.1) is 0 Å². The zero-order valence-corrected chi connectivity index (χ0v) is 14.8. The summed E-state index contributed by atoms with van der Waals surface area (Å²) in [6.45, 7) is 0. The van der Waals surface area contributed by atoms with Gasteiger partial charge in [-0.3, -0.25) is 4.79 Å². The molecule has 1 fully saturated rings. The van der Waals surface area contributed by atoms with Crippen molar-refractivity contribution in [2.24, 2.45) is 0 Å². The zero-order chi connectivity index (χ0) is 18.9. The number of carbonyl (C=O) groups is 2. The molecular weight excluding hydrogens is 340 g/mol. The van der Waals surface area contributed by atoms with E-state index in [2.05, 4.69) is 5.32 Å². The lowest BCUT2D eigenvalue weighted by atomic mass is 9.82. The Morgan fingerprint density at radius 1 is 0.778 bits per heavy atom. The number of methoxy groups -OCH3 is 1. The Kier molecular flexibility index (Phi) is 4.12. The van der Waals surface area contributed by atoms with Crippen molar-refractivity contribution in [3.63, 3.8) is 0 Å². The Balaban J connectivity index is 1.86. The van der Waals surface area contributed by atoms with E-state index in [0.717, 1.165) is 0 Å². The normalized spacial score (nSPS) is 15.5. The highest BCUT2D eigenvalue weighted by molar-refractivity contribution is 6.24. The fourth-order valence-corrected chi connectivity index (χ4v) is 3.43. The lowest BCUT2D eigenvalue weighted by Gasteiger charge is -2.28. The van der Waals surface area contributed by atoms with Crippen molar-refractivity contribution >= 4 is 17.6 Å². The van der Waals surface area contributed by atoms with Crippen LogP contribution in [0.1, 0.15) is 11.1 Å². The number of carbonyl (C=O) groups excluding carboxylic acids is 2. The quantitative estimate of drug-likeness (QED) is 0.724. The van der Waals surface area contributed by atoms with E-state index >= 15 is 0 Å². The van der Waals surface area contributed by atoms with Gasteiger partial charge in [-0.05, 0) is 35.4 Å². The van der Waals surface area contributed by atoms with Gasteiger partial charge < -0.3 is 10.1 Å². The van der Waals surface area contributed by atoms with E-state index < -0.39 is 11.6 Å². The number of hydrogen-bond acceptors (Lipinski definition) is 3. The molecule has 3 amide bonds. The van der Waals surface area contributed by atoms with Crippen LogP contribution in [0.5, 0.6) is 5.75 Å². The number of imide groups is 1. The number of ether oxygens (including phenoxy) is 1. The van der Waals surface area contributed by atoms with Crippen LogP contribution in [0.3, 0.4) is 0 Å². The van der Waals surface area contributed by atoms with E-state index in [1.165, 1.54) is 4.90 Å². The minimum atomic E-state index is -1.26. The Labute approximate surface area is 157 Å². The van der Waals surface area contributed by atoms with Gasteiger partial charge in [0.15, 0.2) is 5.54 Å². The highest BCUT2D eigenvalue weighted by Crippen LogP contribution is 2.38. The summed E-state index contributed by atoms with van der Waals surface area (Å²) in [5, 5.41) is 2.93. The summed E-state index contributed by atoms with van der Waals surface area (Å²) in [6, 6.07) is 25.0. The van der Waals surface area contributed by atoms with Gasteiger partial charge in [-0.2, -0.15) is 0 Å². The number of urea groups is 1. The summed E-state index contributed by atoms with van der Waals surface area (Å²) in [5.41, 5.74) is 0.655. The summed E-state index contributed by atoms with van der Waals surface area (Å²) in [7, 11) is 1.57. The molecule has 1 aliphatic heterocycles. The van der Waals surface area contributed by atoms with Crippen molar-refractivity contribution < 1.29 is 14.3 Å². The van der Waals surface area contributed by atoms with E-state index in [0.29, 0.717) is 22.6 Å². The second-order valence-electron chi connectivity index (χ2n) is 6.25. The average Bonchev–Trinajstić information content (AvgIpc) is 3.00. The molecule has 134 valence electrons. The van der Waals surface area contributed by atoms with Gasteiger partial charge in [0, 0.05) is 0 Å². The summed E-state index contributed by atoms with van der Waals surface area (Å²) in [6.07, 6.45) is 0. The Morgan fingerprint density at radius 3 is 1.78 bits per heavy atom. The molecule has 0 aliphatic carbocycles. The largest absolute Gasteiger partial charge is 0.497 e. The molecule has 1 saturated heterocycles. The molecule has 5 nitrogen and oxygen atoms in total. The van der Waals surface area contributed by atoms with Crippen LogP contribution in [0, 0.1) is 0 Å². The number of nitrogens with zero attached hydrogens (tertiary/aromatic N) is 1. The molecule has 0 aromatic heterocycles. The molecule has 0 atom stereocenters. The van der Waals surface area contributed by atoms with Crippen molar-refractivity contribution in [2.45, 2.75) is 5.54 Å². The molecule has 27 heavy (non-hydrogen) atoms. The number of anilines is 1. The molecule has 3 aromatic rings. The van der Waals surface area contributed by atoms with Gasteiger partial charge in [0.25, 0.3) is 5.91 Å². The van der Waals surface area contributed by atoms with E-state index in [4.69, 9.17) is 4.74 Å². The molecule has 1 aliphatic rings. The van der Waals surface area contributed by atoms with Gasteiger partial charge in [-0.25, -0.2) is 9.69 Å². The number of rotatable bonds is 4. The molecule has 4 rings (SSSR count). The van der Waals surface area contributed by atoms with Crippen LogP contribution >= 0.6 is 0 Å². The SMILES string of the molecule is COc1ccc(N2C(=O)NC(c3ccccc3)(c3ccccc3)C2=O)cc1. The third-order valence-electron chi connectivity index (χ3n) is 4.77. The first kappa shape index (κ1) is 16.8. The molecule has 0 radical (unpaired) electrons. The maximum Gasteiger partial charge on any atom is 0.330 e. The minimum Gasteiger partial charge on any atom is -0.497 e. The first-order valence-corrected chi connectivity index (χ1v) is 8.58. The maximum atomic E-state index is 13.6. The molecule has 0 saturated carbocycles. The Hall–Kier alpha value is -3.60. The standard InChI is InChI=1S/C22H18N2O3/c1-27-19-14-12-18(13-15-19)24-20(25)22(23-21(24)26,16-8-4-2-5-9-16)17-10-6-3-7-11-17/h2-15H,1H3,(H,23,26). The molecule has 3 aromatic carbocycles. The van der Waals surface area contributed by atoms with Crippen LogP contribution in [0.15, 0.2) is 84.9 Å². The minimum absolute atomic E-state index is 0.338. The molecule has 1 heterocycles. The summed E-state index contributed by atoms with van der Waals surface area (Å²) < 4.78 is 5.16. The van der Waals surface area contributed by atoms with Crippen molar-refractivity contribution in [3.05, 3.63) is 96.1 Å². The molecule has 5 heteroatoms. The van der Waals surface area contributed by atoms with Crippen LogP contribution in [0.4, 0.5) is 10.5 Å². The summed E-state index contributed by atoms with van der Waals surface area (Å²) >= 11 is 0. The first-order valence-electron chi connectivity index (χ1n) is 8.58. The van der Waals surface area contributed by atoms with E-state index in [-0.39, 0.29) is 5.91 Å². The summed E-state index contributed by atoms with van der Waals surface area (Å²) in [5.74, 6) is 0.318. The van der Waals surface area contributed by atoms with Crippen LogP contribution in [0.25, 0.3) is 0 Å². The lowest BCUT2D eigenvalue weighted by Crippen LogP contribution is -2.45. The second kappa shape index (κ2) is 6.61. The van der Waals surface area contributed by atoms with E-state index in [1.807, 2.05) is 60.7 Å². The van der Waals surface area contributed by atoms with Crippen LogP contribution in [-0.4, -0.2) is 19.0 Å². The van der Waals surface area contributed by atoms with Crippen molar-refractivity contribution in [2.75, 3.05) is 12.0 Å². The highest BCUT2D eigenvalue weighted by atomic mass is 16.5. The van der Waals surface area contributed by atoms with Crippen LogP contribution in [0.2, 0.25) is 0 Å². The second-order valence-corrected chi connectivity index (χ2v) is 6.25. The highest BCUT2D eigenvalue weighted by Gasteiger charge is 2.54. The van der Waals surface area contributed by atoms with Crippen LogP contribution < -0.4 is 15.0 Å². The fraction of sp³-hybridized carbons (Fsp3) is 0.0909. The van der Waals surface area contributed by atoms with E-state index in [9.17, 15) is 9.59 Å². The number of hydrogen-bond donors (Lipinski definition) is 1. The first-order chi connectivity index (χ1) is 13.2. The van der Waals surface area contributed by atoms with Gasteiger partial charge in [0.2, 0.25) is 0 Å². The number of nitrogens with one attached hydrogen (secondary N) is 1. The van der Waals surface area contributed by atoms with Gasteiger partial charge in [-0.1, -0.05) is 60.7 Å². The molecule has 0 spiro atoms. The van der Waals surface area contributed by atoms with Crippen molar-refractivity contribution in [3.8, 4) is 5.75 Å². The van der Waals surface area contributed by atoms with Crippen molar-refractivity contribution in [1.29, 1.82) is 0 Å². The molecule has 1 N–H and O–H groups in total. The molecule has 0 unspecified atom stereocenters. The monoisotopic (exact) mass is 358 g/mol. The van der Waals surface area contributed by atoms with Gasteiger partial charge >= 0.3 is 6.03 Å². The summed E-state index contributed by atoms with van der Waals surface area (Å²) in [4.78, 5) is 27.6. The van der Waals surface area contributed by atoms with E-state index in [1.54, 1.807) is 31.4 Å². The predicted molar refractivity (Wildman–Crippen MR) is 103 cm³/mol. The van der Waals surface area contributed by atoms with Crippen molar-refractivity contribution in [1.82, 2.24) is 5.32 Å². The van der Waals surface area contributed by atoms with Gasteiger partial charge in [0.05, 0.1) is 12.8 Å². The topological polar surface area (TPSA) is 58.6 Å². The molecule has 0 bridgehead atoms. The average molecular weight is 358 g/mol. The maximum absolute atomic E-state index is 13.6. The molecular formula is C22H18N2O3. The zero-order valence-electron chi connectivity index (χ0n) is 14.8. The number of benzene rings is 3.